The minimum Gasteiger partial charge on any atom is -0.302 e. The Morgan fingerprint density at radius 1 is 1.35 bits per heavy atom. The normalized spacial score (nSPS) is 31.1. The molecule has 2 unspecified atom stereocenters. The van der Waals surface area contributed by atoms with Gasteiger partial charge in [0.25, 0.3) is 10.0 Å². The summed E-state index contributed by atoms with van der Waals surface area (Å²) in [6.45, 7) is 2.91. The van der Waals surface area contributed by atoms with Crippen molar-refractivity contribution in [2.24, 2.45) is 10.9 Å². The Hall–Kier alpha value is -1.40. The molecule has 1 aromatic rings. The Morgan fingerprint density at radius 3 is 2.78 bits per heavy atom. The highest BCUT2D eigenvalue weighted by molar-refractivity contribution is 7.90. The maximum absolute atomic E-state index is 12.2. The molecule has 5 nitrogen and oxygen atoms in total. The third-order valence-electron chi connectivity index (χ3n) is 5.21. The quantitative estimate of drug-likeness (QED) is 0.921. The Morgan fingerprint density at radius 2 is 2.09 bits per heavy atom. The predicted octanol–water partition coefficient (Wildman–Crippen LogP) is 2.24. The van der Waals surface area contributed by atoms with Crippen LogP contribution in [0.25, 0.3) is 0 Å². The maximum Gasteiger partial charge on any atom is 0.263 e. The highest BCUT2D eigenvalue weighted by Gasteiger charge is 2.38. The molecule has 3 rings (SSSR count). The molecule has 0 aromatic heterocycles. The van der Waals surface area contributed by atoms with Crippen LogP contribution in [0.1, 0.15) is 38.2 Å². The first-order valence-corrected chi connectivity index (χ1v) is 9.66. The van der Waals surface area contributed by atoms with Crippen LogP contribution in [0.5, 0.6) is 0 Å². The second kappa shape index (κ2) is 5.91. The average Bonchev–Trinajstić information content (AvgIpc) is 2.77. The fourth-order valence-corrected chi connectivity index (χ4v) is 5.05. The largest absolute Gasteiger partial charge is 0.302 e. The first-order chi connectivity index (χ1) is 10.8. The first-order valence-electron chi connectivity index (χ1n) is 8.18. The van der Waals surface area contributed by atoms with Gasteiger partial charge in [-0.15, -0.1) is 0 Å². The number of hydrogen-bond acceptors (Lipinski definition) is 4. The van der Waals surface area contributed by atoms with Gasteiger partial charge in [0.05, 0.1) is 11.4 Å². The highest BCUT2D eigenvalue weighted by Crippen LogP contribution is 2.36. The first kappa shape index (κ1) is 16.5. The number of aliphatic imine (C=N–C) groups is 1. The van der Waals surface area contributed by atoms with Crippen LogP contribution in [0.3, 0.4) is 0 Å². The highest BCUT2D eigenvalue weighted by atomic mass is 32.2. The van der Waals surface area contributed by atoms with Crippen molar-refractivity contribution in [3.63, 3.8) is 0 Å². The summed E-state index contributed by atoms with van der Waals surface area (Å²) in [7, 11) is 0.751. The zero-order valence-corrected chi connectivity index (χ0v) is 14.9. The Labute approximate surface area is 138 Å². The fourth-order valence-electron chi connectivity index (χ4n) is 3.80. The predicted molar refractivity (Wildman–Crippen MR) is 92.2 cm³/mol. The van der Waals surface area contributed by atoms with Gasteiger partial charge in [-0.2, -0.15) is 0 Å². The molecule has 0 radical (unpaired) electrons. The molecule has 1 N–H and O–H groups in total. The minimum atomic E-state index is -3.45. The van der Waals surface area contributed by atoms with Crippen LogP contribution in [0, 0.1) is 5.92 Å². The second-order valence-corrected chi connectivity index (χ2v) is 8.74. The summed E-state index contributed by atoms with van der Waals surface area (Å²) in [4.78, 5) is 7.29. The molecular formula is C17H25N3O2S. The molecule has 1 aliphatic carbocycles. The minimum absolute atomic E-state index is 0.0215. The summed E-state index contributed by atoms with van der Waals surface area (Å²) in [5.74, 6) is 1.17. The van der Waals surface area contributed by atoms with Gasteiger partial charge in [-0.25, -0.2) is 8.42 Å². The molecule has 1 aromatic carbocycles. The van der Waals surface area contributed by atoms with E-state index in [0.717, 1.165) is 12.8 Å². The van der Waals surface area contributed by atoms with Crippen LogP contribution >= 0.6 is 0 Å². The van der Waals surface area contributed by atoms with E-state index >= 15 is 0 Å². The van der Waals surface area contributed by atoms with Crippen molar-refractivity contribution in [2.45, 2.75) is 43.0 Å². The van der Waals surface area contributed by atoms with Gasteiger partial charge in [0.15, 0.2) is 0 Å². The van der Waals surface area contributed by atoms with E-state index in [-0.39, 0.29) is 5.54 Å². The third-order valence-corrected chi connectivity index (χ3v) is 6.61. The number of likely N-dealkylation sites (N-methyl/N-ethyl adjacent to an activating group) is 1. The lowest BCUT2D eigenvalue weighted by atomic mass is 9.75. The number of hydrogen-bond donors (Lipinski definition) is 1. The van der Waals surface area contributed by atoms with E-state index in [1.54, 1.807) is 12.1 Å². The molecular weight excluding hydrogens is 310 g/mol. The van der Waals surface area contributed by atoms with E-state index in [1.165, 1.54) is 12.8 Å². The van der Waals surface area contributed by atoms with E-state index < -0.39 is 10.0 Å². The van der Waals surface area contributed by atoms with Crippen molar-refractivity contribution < 1.29 is 8.42 Å². The molecule has 0 saturated heterocycles. The number of rotatable bonds is 3. The van der Waals surface area contributed by atoms with E-state index in [2.05, 4.69) is 30.6 Å². The van der Waals surface area contributed by atoms with Crippen LogP contribution in [-0.4, -0.2) is 45.3 Å². The molecule has 1 saturated carbocycles. The summed E-state index contributed by atoms with van der Waals surface area (Å²) < 4.78 is 27.0. The van der Waals surface area contributed by atoms with E-state index in [1.807, 2.05) is 12.1 Å². The Kier molecular flexibility index (Phi) is 4.23. The standard InChI is InChI=1S/C17H25N3O2S/c1-13-7-6-10-17(11-13,20(2)3)12-18-16-14-8-4-5-9-15(14)23(21,22)19-16/h4-5,8-9,13H,6-7,10-12H2,1-3H3,(H,18,19). The van der Waals surface area contributed by atoms with E-state index in [4.69, 9.17) is 4.99 Å². The number of sulfonamides is 1. The topological polar surface area (TPSA) is 61.8 Å². The van der Waals surface area contributed by atoms with Gasteiger partial charge in [-0.05, 0) is 45.0 Å². The summed E-state index contributed by atoms with van der Waals surface area (Å²) in [6.07, 6.45) is 4.68. The van der Waals surface area contributed by atoms with Gasteiger partial charge in [0.2, 0.25) is 0 Å². The van der Waals surface area contributed by atoms with Crippen molar-refractivity contribution in [3.8, 4) is 0 Å². The number of fused-ring (bicyclic) bond motifs is 1. The number of amidine groups is 1. The van der Waals surface area contributed by atoms with Gasteiger partial charge in [0, 0.05) is 11.1 Å². The van der Waals surface area contributed by atoms with Crippen molar-refractivity contribution in [1.29, 1.82) is 0 Å². The van der Waals surface area contributed by atoms with Gasteiger partial charge >= 0.3 is 0 Å². The molecule has 0 spiro atoms. The van der Waals surface area contributed by atoms with E-state index in [0.29, 0.717) is 28.8 Å². The van der Waals surface area contributed by atoms with Crippen molar-refractivity contribution in [3.05, 3.63) is 29.8 Å². The van der Waals surface area contributed by atoms with Gasteiger partial charge in [-0.1, -0.05) is 31.9 Å². The lowest BCUT2D eigenvalue weighted by molar-refractivity contribution is 0.0846. The second-order valence-electron chi connectivity index (χ2n) is 7.09. The average molecular weight is 335 g/mol. The number of benzene rings is 1. The molecule has 23 heavy (non-hydrogen) atoms. The lowest BCUT2D eigenvalue weighted by Gasteiger charge is -2.44. The van der Waals surface area contributed by atoms with E-state index in [9.17, 15) is 8.42 Å². The van der Waals surface area contributed by atoms with Crippen LogP contribution in [0.4, 0.5) is 0 Å². The molecule has 2 aliphatic rings. The van der Waals surface area contributed by atoms with Crippen molar-refractivity contribution >= 4 is 15.9 Å². The third kappa shape index (κ3) is 3.02. The smallest absolute Gasteiger partial charge is 0.263 e. The number of nitrogens with one attached hydrogen (secondary N) is 1. The van der Waals surface area contributed by atoms with Crippen LogP contribution in [0.2, 0.25) is 0 Å². The molecule has 0 bridgehead atoms. The van der Waals surface area contributed by atoms with Crippen molar-refractivity contribution in [1.82, 2.24) is 9.62 Å². The monoisotopic (exact) mass is 335 g/mol. The zero-order valence-electron chi connectivity index (χ0n) is 14.0. The van der Waals surface area contributed by atoms with Crippen LogP contribution in [-0.2, 0) is 10.0 Å². The summed E-state index contributed by atoms with van der Waals surface area (Å²) in [5.41, 5.74) is 0.707. The Bertz CT molecular complexity index is 727. The van der Waals surface area contributed by atoms with Crippen molar-refractivity contribution in [2.75, 3.05) is 20.6 Å². The van der Waals surface area contributed by atoms with Gasteiger partial charge in [0.1, 0.15) is 5.84 Å². The zero-order chi connectivity index (χ0) is 16.7. The molecule has 0 amide bonds. The molecule has 1 fully saturated rings. The molecule has 1 aliphatic heterocycles. The lowest BCUT2D eigenvalue weighted by Crippen LogP contribution is -2.50. The van der Waals surface area contributed by atoms with Gasteiger partial charge < -0.3 is 4.90 Å². The molecule has 6 heteroatoms. The Balaban J connectivity index is 1.91. The fraction of sp³-hybridized carbons (Fsp3) is 0.588. The summed E-state index contributed by atoms with van der Waals surface area (Å²) in [5, 5.41) is 0. The summed E-state index contributed by atoms with van der Waals surface area (Å²) >= 11 is 0. The number of nitrogens with zero attached hydrogens (tertiary/aromatic N) is 2. The maximum atomic E-state index is 12.2. The SMILES string of the molecule is CC1CCCC(CN=C2NS(=O)(=O)c3ccccc32)(N(C)C)C1. The van der Waals surface area contributed by atoms with Gasteiger partial charge in [-0.3, -0.25) is 9.71 Å². The van der Waals surface area contributed by atoms with Crippen LogP contribution in [0.15, 0.2) is 34.2 Å². The van der Waals surface area contributed by atoms with Crippen LogP contribution < -0.4 is 4.72 Å². The molecule has 126 valence electrons. The molecule has 2 atom stereocenters. The molecule has 1 heterocycles. The summed E-state index contributed by atoms with van der Waals surface area (Å²) in [6, 6.07) is 7.04.